The normalized spacial score (nSPS) is 13.2. The molecule has 1 aromatic carbocycles. The van der Waals surface area contributed by atoms with Gasteiger partial charge in [0, 0.05) is 5.56 Å². The molecular formula is C16H26O3. The number of rotatable bonds is 6. The zero-order valence-corrected chi connectivity index (χ0v) is 12.7. The van der Waals surface area contributed by atoms with Crippen molar-refractivity contribution in [3.8, 4) is 11.5 Å². The maximum Gasteiger partial charge on any atom is 0.123 e. The van der Waals surface area contributed by atoms with Gasteiger partial charge in [-0.05, 0) is 30.0 Å². The van der Waals surface area contributed by atoms with Crippen molar-refractivity contribution in [1.29, 1.82) is 0 Å². The second-order valence-corrected chi connectivity index (χ2v) is 5.87. The fourth-order valence-electron chi connectivity index (χ4n) is 1.95. The van der Waals surface area contributed by atoms with Crippen LogP contribution < -0.4 is 9.47 Å². The SMILES string of the molecule is CCCC(O)COc1ccc(OC)cc1C(C)(C)C. The molecule has 0 amide bonds. The molecule has 0 aliphatic rings. The minimum absolute atomic E-state index is 0.0282. The highest BCUT2D eigenvalue weighted by Crippen LogP contribution is 2.34. The lowest BCUT2D eigenvalue weighted by atomic mass is 9.86. The van der Waals surface area contributed by atoms with Gasteiger partial charge in [0.2, 0.25) is 0 Å². The van der Waals surface area contributed by atoms with E-state index < -0.39 is 6.10 Å². The highest BCUT2D eigenvalue weighted by Gasteiger charge is 2.20. The molecule has 0 radical (unpaired) electrons. The van der Waals surface area contributed by atoms with Gasteiger partial charge in [-0.25, -0.2) is 0 Å². The Balaban J connectivity index is 2.87. The van der Waals surface area contributed by atoms with Gasteiger partial charge in [0.25, 0.3) is 0 Å². The molecule has 3 heteroatoms. The number of hydrogen-bond donors (Lipinski definition) is 1. The van der Waals surface area contributed by atoms with Crippen LogP contribution in [0.4, 0.5) is 0 Å². The standard InChI is InChI=1S/C16H26O3/c1-6-7-12(17)11-19-15-9-8-13(18-5)10-14(15)16(2,3)4/h8-10,12,17H,6-7,11H2,1-5H3. The van der Waals surface area contributed by atoms with Gasteiger partial charge in [0.05, 0.1) is 13.2 Å². The van der Waals surface area contributed by atoms with Crippen LogP contribution in [0.5, 0.6) is 11.5 Å². The third-order valence-corrected chi connectivity index (χ3v) is 3.05. The van der Waals surface area contributed by atoms with Gasteiger partial charge >= 0.3 is 0 Å². The number of methoxy groups -OCH3 is 1. The molecule has 0 saturated heterocycles. The molecule has 0 saturated carbocycles. The summed E-state index contributed by atoms with van der Waals surface area (Å²) in [4.78, 5) is 0. The van der Waals surface area contributed by atoms with Gasteiger partial charge in [-0.1, -0.05) is 34.1 Å². The van der Waals surface area contributed by atoms with Crippen LogP contribution in [0, 0.1) is 0 Å². The van der Waals surface area contributed by atoms with E-state index in [4.69, 9.17) is 9.47 Å². The Morgan fingerprint density at radius 2 is 1.95 bits per heavy atom. The highest BCUT2D eigenvalue weighted by molar-refractivity contribution is 5.44. The molecule has 1 rings (SSSR count). The van der Waals surface area contributed by atoms with Crippen LogP contribution in [-0.4, -0.2) is 24.9 Å². The Morgan fingerprint density at radius 3 is 2.47 bits per heavy atom. The molecule has 1 aromatic rings. The average molecular weight is 266 g/mol. The van der Waals surface area contributed by atoms with E-state index in [9.17, 15) is 5.11 Å². The summed E-state index contributed by atoms with van der Waals surface area (Å²) in [5.74, 6) is 1.65. The molecule has 3 nitrogen and oxygen atoms in total. The van der Waals surface area contributed by atoms with E-state index in [1.165, 1.54) is 0 Å². The molecule has 108 valence electrons. The Morgan fingerprint density at radius 1 is 1.26 bits per heavy atom. The van der Waals surface area contributed by atoms with E-state index >= 15 is 0 Å². The number of benzene rings is 1. The van der Waals surface area contributed by atoms with Crippen LogP contribution in [0.3, 0.4) is 0 Å². The van der Waals surface area contributed by atoms with Crippen LogP contribution in [0.25, 0.3) is 0 Å². The molecule has 0 heterocycles. The van der Waals surface area contributed by atoms with Crippen molar-refractivity contribution >= 4 is 0 Å². The van der Waals surface area contributed by atoms with Crippen molar-refractivity contribution in [1.82, 2.24) is 0 Å². The third kappa shape index (κ3) is 4.75. The lowest BCUT2D eigenvalue weighted by molar-refractivity contribution is 0.0983. The first-order valence-electron chi connectivity index (χ1n) is 6.88. The summed E-state index contributed by atoms with van der Waals surface area (Å²) in [6.45, 7) is 8.80. The maximum absolute atomic E-state index is 9.76. The van der Waals surface area contributed by atoms with Crippen LogP contribution >= 0.6 is 0 Å². The minimum atomic E-state index is -0.403. The third-order valence-electron chi connectivity index (χ3n) is 3.05. The van der Waals surface area contributed by atoms with Gasteiger partial charge in [0.1, 0.15) is 18.1 Å². The quantitative estimate of drug-likeness (QED) is 0.856. The van der Waals surface area contributed by atoms with E-state index in [2.05, 4.69) is 27.7 Å². The molecular weight excluding hydrogens is 240 g/mol. The first-order valence-corrected chi connectivity index (χ1v) is 6.88. The minimum Gasteiger partial charge on any atom is -0.497 e. The van der Waals surface area contributed by atoms with Gasteiger partial charge in [0.15, 0.2) is 0 Å². The molecule has 0 aliphatic carbocycles. The Labute approximate surface area is 116 Å². The molecule has 0 aromatic heterocycles. The largest absolute Gasteiger partial charge is 0.497 e. The van der Waals surface area contributed by atoms with Crippen LogP contribution in [0.1, 0.15) is 46.1 Å². The fraction of sp³-hybridized carbons (Fsp3) is 0.625. The summed E-state index contributed by atoms with van der Waals surface area (Å²) in [5.41, 5.74) is 1.06. The maximum atomic E-state index is 9.76. The monoisotopic (exact) mass is 266 g/mol. The summed E-state index contributed by atoms with van der Waals surface area (Å²) < 4.78 is 11.0. The molecule has 1 atom stereocenters. The molecule has 1 unspecified atom stereocenters. The Hall–Kier alpha value is -1.22. The second-order valence-electron chi connectivity index (χ2n) is 5.87. The van der Waals surface area contributed by atoms with Gasteiger partial charge < -0.3 is 14.6 Å². The summed E-state index contributed by atoms with van der Waals surface area (Å²) in [6.07, 6.45) is 1.32. The summed E-state index contributed by atoms with van der Waals surface area (Å²) in [5, 5.41) is 9.76. The fourth-order valence-corrected chi connectivity index (χ4v) is 1.95. The lowest BCUT2D eigenvalue weighted by Gasteiger charge is -2.24. The first-order chi connectivity index (χ1) is 8.88. The zero-order valence-electron chi connectivity index (χ0n) is 12.7. The predicted molar refractivity (Wildman–Crippen MR) is 78.1 cm³/mol. The Bertz CT molecular complexity index is 393. The topological polar surface area (TPSA) is 38.7 Å². The Kier molecular flexibility index (Phi) is 5.67. The average Bonchev–Trinajstić information content (AvgIpc) is 2.35. The van der Waals surface area contributed by atoms with Gasteiger partial charge in [-0.15, -0.1) is 0 Å². The second kappa shape index (κ2) is 6.80. The van der Waals surface area contributed by atoms with Gasteiger partial charge in [-0.3, -0.25) is 0 Å². The molecule has 0 bridgehead atoms. The summed E-state index contributed by atoms with van der Waals surface area (Å²) in [7, 11) is 1.66. The molecule has 19 heavy (non-hydrogen) atoms. The van der Waals surface area contributed by atoms with Crippen molar-refractivity contribution < 1.29 is 14.6 Å². The number of hydrogen-bond acceptors (Lipinski definition) is 3. The first kappa shape index (κ1) is 15.8. The highest BCUT2D eigenvalue weighted by atomic mass is 16.5. The van der Waals surface area contributed by atoms with E-state index in [1.807, 2.05) is 18.2 Å². The van der Waals surface area contributed by atoms with E-state index in [-0.39, 0.29) is 5.41 Å². The molecule has 1 N–H and O–H groups in total. The summed E-state index contributed by atoms with van der Waals surface area (Å²) >= 11 is 0. The summed E-state index contributed by atoms with van der Waals surface area (Å²) in [6, 6.07) is 5.80. The lowest BCUT2D eigenvalue weighted by Crippen LogP contribution is -2.20. The van der Waals surface area contributed by atoms with Crippen molar-refractivity contribution in [3.05, 3.63) is 23.8 Å². The molecule has 0 fully saturated rings. The molecule has 0 aliphatic heterocycles. The predicted octanol–water partition coefficient (Wildman–Crippen LogP) is 3.53. The van der Waals surface area contributed by atoms with Crippen LogP contribution in [0.2, 0.25) is 0 Å². The molecule has 0 spiro atoms. The number of aliphatic hydroxyl groups excluding tert-OH is 1. The van der Waals surface area contributed by atoms with Crippen LogP contribution in [-0.2, 0) is 5.41 Å². The van der Waals surface area contributed by atoms with E-state index in [0.29, 0.717) is 6.61 Å². The van der Waals surface area contributed by atoms with Crippen molar-refractivity contribution in [2.24, 2.45) is 0 Å². The number of ether oxygens (including phenoxy) is 2. The smallest absolute Gasteiger partial charge is 0.123 e. The van der Waals surface area contributed by atoms with Gasteiger partial charge in [-0.2, -0.15) is 0 Å². The van der Waals surface area contributed by atoms with Crippen LogP contribution in [0.15, 0.2) is 18.2 Å². The van der Waals surface area contributed by atoms with E-state index in [0.717, 1.165) is 29.9 Å². The van der Waals surface area contributed by atoms with E-state index in [1.54, 1.807) is 7.11 Å². The van der Waals surface area contributed by atoms with Crippen molar-refractivity contribution in [2.45, 2.75) is 52.1 Å². The zero-order chi connectivity index (χ0) is 14.5. The van der Waals surface area contributed by atoms with Crippen molar-refractivity contribution in [2.75, 3.05) is 13.7 Å². The van der Waals surface area contributed by atoms with Crippen molar-refractivity contribution in [3.63, 3.8) is 0 Å². The number of aliphatic hydroxyl groups is 1.